The predicted molar refractivity (Wildman–Crippen MR) is 142 cm³/mol. The molecule has 0 unspecified atom stereocenters. The third-order valence-corrected chi connectivity index (χ3v) is 7.36. The van der Waals surface area contributed by atoms with Crippen LogP contribution in [-0.2, 0) is 0 Å². The molecule has 1 heterocycles. The summed E-state index contributed by atoms with van der Waals surface area (Å²) in [6.07, 6.45) is 2.07. The Morgan fingerprint density at radius 1 is 0.969 bits per heavy atom. The van der Waals surface area contributed by atoms with Crippen molar-refractivity contribution in [3.63, 3.8) is 0 Å². The van der Waals surface area contributed by atoms with Gasteiger partial charge in [-0.05, 0) is 60.4 Å². The second kappa shape index (κ2) is 11.1. The van der Waals surface area contributed by atoms with Crippen molar-refractivity contribution in [1.82, 2.24) is 9.88 Å². The summed E-state index contributed by atoms with van der Waals surface area (Å²) < 4.78 is 1.11. The van der Waals surface area contributed by atoms with Crippen molar-refractivity contribution >= 4 is 67.5 Å². The van der Waals surface area contributed by atoms with E-state index in [2.05, 4.69) is 43.2 Å². The second-order valence-corrected chi connectivity index (χ2v) is 9.26. The maximum absolute atomic E-state index is 13.6. The van der Waals surface area contributed by atoms with E-state index in [1.807, 2.05) is 47.4 Å². The number of hydrogen-bond donors (Lipinski definition) is 0. The minimum atomic E-state index is 0. The number of carbonyl (C=O) groups is 1. The van der Waals surface area contributed by atoms with Gasteiger partial charge in [0.15, 0.2) is 5.13 Å². The van der Waals surface area contributed by atoms with Crippen LogP contribution in [0.4, 0.5) is 5.13 Å². The molecule has 168 valence electrons. The zero-order valence-electron chi connectivity index (χ0n) is 18.6. The number of hydrogen-bond acceptors (Lipinski definition) is 5. The normalized spacial score (nSPS) is 11.1. The first-order valence-corrected chi connectivity index (χ1v) is 12.6. The molecular formula is C25H28ClN3OS2. The number of fused-ring (bicyclic) bond motifs is 2. The van der Waals surface area contributed by atoms with Gasteiger partial charge in [0.1, 0.15) is 0 Å². The Labute approximate surface area is 204 Å². The molecule has 0 atom stereocenters. The molecule has 0 N–H and O–H groups in total. The molecule has 4 aromatic rings. The summed E-state index contributed by atoms with van der Waals surface area (Å²) >= 11 is 3.31. The first kappa shape index (κ1) is 24.5. The summed E-state index contributed by atoms with van der Waals surface area (Å²) in [5.74, 6) is 0.00190. The zero-order valence-corrected chi connectivity index (χ0v) is 21.0. The van der Waals surface area contributed by atoms with Gasteiger partial charge < -0.3 is 4.90 Å². The first-order valence-electron chi connectivity index (χ1n) is 10.6. The van der Waals surface area contributed by atoms with Crippen molar-refractivity contribution in [2.75, 3.05) is 37.3 Å². The Morgan fingerprint density at radius 2 is 1.72 bits per heavy atom. The SMILES string of the molecule is CCN(CC)CCN(C(=O)c1ccc2ccccc2c1)c1nc2ccc(SC)cc2s1.Cl. The quantitative estimate of drug-likeness (QED) is 0.264. The lowest BCUT2D eigenvalue weighted by atomic mass is 10.1. The third-order valence-electron chi connectivity index (χ3n) is 5.59. The number of nitrogens with zero attached hydrogens (tertiary/aromatic N) is 3. The van der Waals surface area contributed by atoms with Crippen LogP contribution in [0, 0.1) is 0 Å². The molecule has 0 aliphatic rings. The van der Waals surface area contributed by atoms with E-state index < -0.39 is 0 Å². The zero-order chi connectivity index (χ0) is 21.8. The lowest BCUT2D eigenvalue weighted by Gasteiger charge is -2.24. The molecular weight excluding hydrogens is 458 g/mol. The largest absolute Gasteiger partial charge is 0.302 e. The molecule has 4 nitrogen and oxygen atoms in total. The monoisotopic (exact) mass is 485 g/mol. The van der Waals surface area contributed by atoms with E-state index in [0.717, 1.165) is 45.8 Å². The highest BCUT2D eigenvalue weighted by Gasteiger charge is 2.22. The number of benzene rings is 3. The van der Waals surface area contributed by atoms with Crippen molar-refractivity contribution in [2.45, 2.75) is 18.7 Å². The average Bonchev–Trinajstić information content (AvgIpc) is 3.24. The van der Waals surface area contributed by atoms with E-state index in [4.69, 9.17) is 4.98 Å². The van der Waals surface area contributed by atoms with Crippen molar-refractivity contribution in [1.29, 1.82) is 0 Å². The Hall–Kier alpha value is -2.12. The molecule has 0 bridgehead atoms. The Kier molecular flexibility index (Phi) is 8.54. The standard InChI is InChI=1S/C25H27N3OS2.ClH/c1-4-27(5-2)14-15-28(25-26-22-13-12-21(30-3)17-23(22)31-25)24(29)20-11-10-18-8-6-7-9-19(18)16-20;/h6-13,16-17H,4-5,14-15H2,1-3H3;1H. The summed E-state index contributed by atoms with van der Waals surface area (Å²) in [7, 11) is 0. The molecule has 7 heteroatoms. The molecule has 0 aliphatic carbocycles. The highest BCUT2D eigenvalue weighted by atomic mass is 35.5. The van der Waals surface area contributed by atoms with Crippen LogP contribution >= 0.6 is 35.5 Å². The minimum absolute atomic E-state index is 0. The van der Waals surface area contributed by atoms with Gasteiger partial charge in [0, 0.05) is 23.5 Å². The summed E-state index contributed by atoms with van der Waals surface area (Å²) in [5.41, 5.74) is 1.64. The van der Waals surface area contributed by atoms with Gasteiger partial charge in [-0.25, -0.2) is 4.98 Å². The van der Waals surface area contributed by atoms with Crippen LogP contribution in [0.2, 0.25) is 0 Å². The van der Waals surface area contributed by atoms with Gasteiger partial charge in [-0.15, -0.1) is 24.2 Å². The number of halogens is 1. The van der Waals surface area contributed by atoms with Gasteiger partial charge in [0.2, 0.25) is 0 Å². The molecule has 0 radical (unpaired) electrons. The Balaban J connectivity index is 0.00000289. The molecule has 32 heavy (non-hydrogen) atoms. The smallest absolute Gasteiger partial charge is 0.260 e. The molecule has 0 saturated heterocycles. The van der Waals surface area contributed by atoms with Crippen LogP contribution in [0.3, 0.4) is 0 Å². The number of carbonyl (C=O) groups excluding carboxylic acids is 1. The molecule has 0 aliphatic heterocycles. The number of rotatable bonds is 8. The van der Waals surface area contributed by atoms with Gasteiger partial charge in [0.25, 0.3) is 5.91 Å². The molecule has 0 saturated carbocycles. The second-order valence-electron chi connectivity index (χ2n) is 7.38. The van der Waals surface area contributed by atoms with Crippen LogP contribution in [0.15, 0.2) is 65.6 Å². The molecule has 0 spiro atoms. The van der Waals surface area contributed by atoms with E-state index in [1.165, 1.54) is 4.90 Å². The minimum Gasteiger partial charge on any atom is -0.302 e. The van der Waals surface area contributed by atoms with Crippen molar-refractivity contribution in [3.8, 4) is 0 Å². The summed E-state index contributed by atoms with van der Waals surface area (Å²) in [5, 5.41) is 2.97. The summed E-state index contributed by atoms with van der Waals surface area (Å²) in [6.45, 7) is 7.67. The maximum atomic E-state index is 13.6. The van der Waals surface area contributed by atoms with Crippen molar-refractivity contribution < 1.29 is 4.79 Å². The van der Waals surface area contributed by atoms with Gasteiger partial charge in [-0.3, -0.25) is 9.69 Å². The summed E-state index contributed by atoms with van der Waals surface area (Å²) in [6, 6.07) is 20.4. The van der Waals surface area contributed by atoms with Crippen molar-refractivity contribution in [2.24, 2.45) is 0 Å². The molecule has 4 rings (SSSR count). The lowest BCUT2D eigenvalue weighted by molar-refractivity contribution is 0.0984. The fourth-order valence-corrected chi connectivity index (χ4v) is 5.22. The van der Waals surface area contributed by atoms with Gasteiger partial charge in [-0.1, -0.05) is 55.5 Å². The fraction of sp³-hybridized carbons (Fsp3) is 0.280. The highest BCUT2D eigenvalue weighted by Crippen LogP contribution is 2.32. The summed E-state index contributed by atoms with van der Waals surface area (Å²) in [4.78, 5) is 23.9. The van der Waals surface area contributed by atoms with E-state index in [9.17, 15) is 4.79 Å². The van der Waals surface area contributed by atoms with Crippen LogP contribution < -0.4 is 4.90 Å². The number of aromatic nitrogens is 1. The third kappa shape index (κ3) is 5.26. The number of thiazole rings is 1. The van der Waals surface area contributed by atoms with Crippen LogP contribution in [0.25, 0.3) is 21.0 Å². The van der Waals surface area contributed by atoms with Crippen molar-refractivity contribution in [3.05, 3.63) is 66.2 Å². The van der Waals surface area contributed by atoms with E-state index in [0.29, 0.717) is 12.1 Å². The molecule has 3 aromatic carbocycles. The maximum Gasteiger partial charge on any atom is 0.260 e. The topological polar surface area (TPSA) is 36.4 Å². The fourth-order valence-electron chi connectivity index (χ4n) is 3.68. The Bertz CT molecular complexity index is 1210. The molecule has 1 aromatic heterocycles. The number of likely N-dealkylation sites (N-methyl/N-ethyl adjacent to an activating group) is 1. The van der Waals surface area contributed by atoms with Gasteiger partial charge in [-0.2, -0.15) is 0 Å². The number of thioether (sulfide) groups is 1. The van der Waals surface area contributed by atoms with Crippen LogP contribution in [0.1, 0.15) is 24.2 Å². The predicted octanol–water partition coefficient (Wildman–Crippen LogP) is 6.58. The molecule has 1 amide bonds. The average molecular weight is 486 g/mol. The highest BCUT2D eigenvalue weighted by molar-refractivity contribution is 7.98. The van der Waals surface area contributed by atoms with Crippen LogP contribution in [0.5, 0.6) is 0 Å². The van der Waals surface area contributed by atoms with Gasteiger partial charge >= 0.3 is 0 Å². The number of amides is 1. The van der Waals surface area contributed by atoms with Gasteiger partial charge in [0.05, 0.1) is 10.2 Å². The lowest BCUT2D eigenvalue weighted by Crippen LogP contribution is -2.38. The van der Waals surface area contributed by atoms with E-state index in [-0.39, 0.29) is 18.3 Å². The van der Waals surface area contributed by atoms with Crippen LogP contribution in [-0.4, -0.2) is 48.2 Å². The molecule has 0 fully saturated rings. The Morgan fingerprint density at radius 3 is 2.44 bits per heavy atom. The number of anilines is 1. The van der Waals surface area contributed by atoms with E-state index in [1.54, 1.807) is 23.1 Å². The van der Waals surface area contributed by atoms with E-state index >= 15 is 0 Å². The first-order chi connectivity index (χ1) is 15.1.